The van der Waals surface area contributed by atoms with Gasteiger partial charge in [0.15, 0.2) is 0 Å². The Morgan fingerprint density at radius 2 is 1.68 bits per heavy atom. The molecule has 4 rings (SSSR count). The van der Waals surface area contributed by atoms with Crippen molar-refractivity contribution in [3.63, 3.8) is 0 Å². The minimum atomic E-state index is 1.16. The summed E-state index contributed by atoms with van der Waals surface area (Å²) in [6, 6.07) is 17.3. The Bertz CT molecular complexity index is 1050. The molecule has 1 nitrogen and oxygen atoms in total. The highest BCUT2D eigenvalue weighted by Gasteiger charge is 2.22. The van der Waals surface area contributed by atoms with Crippen LogP contribution in [-0.4, -0.2) is 0 Å². The first kappa shape index (κ1) is 13.2. The van der Waals surface area contributed by atoms with Gasteiger partial charge in [-0.25, -0.2) is 0 Å². The third kappa shape index (κ3) is 1.74. The Labute approximate surface area is 133 Å². The molecule has 0 aliphatic heterocycles. The van der Waals surface area contributed by atoms with E-state index in [2.05, 4.69) is 77.9 Å². The fraction of sp³-hybridized carbons (Fsp3) is 0.0500. The molecule has 2 aromatic carbocycles. The number of hydrogen-bond donors (Lipinski definition) is 0. The third-order valence-corrected chi connectivity index (χ3v) is 5.11. The van der Waals surface area contributed by atoms with Crippen molar-refractivity contribution in [1.82, 2.24) is 0 Å². The fourth-order valence-corrected chi connectivity index (χ4v) is 4.19. The summed E-state index contributed by atoms with van der Waals surface area (Å²) < 4.78 is 2.36. The SMILES string of the molecule is C=CC(=CC)c1csc2c3ccccc3c3ccccc3[n+]12. The summed E-state index contributed by atoms with van der Waals surface area (Å²) in [5.74, 6) is 0. The average Bonchev–Trinajstić information content (AvgIpc) is 3.02. The summed E-state index contributed by atoms with van der Waals surface area (Å²) >= 11 is 1.79. The van der Waals surface area contributed by atoms with Crippen molar-refractivity contribution in [2.75, 3.05) is 0 Å². The van der Waals surface area contributed by atoms with Crippen molar-refractivity contribution < 1.29 is 4.40 Å². The van der Waals surface area contributed by atoms with Crippen LogP contribution in [0.2, 0.25) is 0 Å². The van der Waals surface area contributed by atoms with Crippen molar-refractivity contribution in [2.45, 2.75) is 6.92 Å². The van der Waals surface area contributed by atoms with E-state index in [1.807, 2.05) is 6.08 Å². The standard InChI is InChI=1S/C20H16NS/c1-3-14(4-2)19-13-22-20-17-11-6-5-9-15(17)16-10-7-8-12-18(16)21(19)20/h3-13H,1H2,2H3/q+1. The molecule has 0 N–H and O–H groups in total. The largest absolute Gasteiger partial charge is 0.276 e. The molecular weight excluding hydrogens is 286 g/mol. The van der Waals surface area contributed by atoms with E-state index in [1.54, 1.807) is 11.3 Å². The molecule has 2 heteroatoms. The highest BCUT2D eigenvalue weighted by Crippen LogP contribution is 2.30. The molecule has 0 bridgehead atoms. The van der Waals surface area contributed by atoms with E-state index < -0.39 is 0 Å². The van der Waals surface area contributed by atoms with Crippen LogP contribution in [0.1, 0.15) is 12.6 Å². The quantitative estimate of drug-likeness (QED) is 0.266. The Morgan fingerprint density at radius 1 is 1.00 bits per heavy atom. The van der Waals surface area contributed by atoms with Gasteiger partial charge >= 0.3 is 0 Å². The minimum Gasteiger partial charge on any atom is -0.142 e. The number of hydrogen-bond acceptors (Lipinski definition) is 1. The van der Waals surface area contributed by atoms with E-state index in [-0.39, 0.29) is 0 Å². The van der Waals surface area contributed by atoms with Gasteiger partial charge in [-0.2, -0.15) is 0 Å². The summed E-state index contributed by atoms with van der Waals surface area (Å²) in [5, 5.41) is 6.13. The number of benzene rings is 2. The molecule has 0 saturated carbocycles. The van der Waals surface area contributed by atoms with E-state index in [0.29, 0.717) is 0 Å². The molecule has 22 heavy (non-hydrogen) atoms. The van der Waals surface area contributed by atoms with Gasteiger partial charge in [0.2, 0.25) is 11.2 Å². The van der Waals surface area contributed by atoms with Gasteiger partial charge in [0.25, 0.3) is 4.83 Å². The minimum absolute atomic E-state index is 1.16. The molecule has 0 radical (unpaired) electrons. The molecule has 0 aliphatic rings. The van der Waals surface area contributed by atoms with Crippen molar-refractivity contribution in [3.05, 3.63) is 78.3 Å². The molecule has 106 valence electrons. The zero-order chi connectivity index (χ0) is 15.1. The van der Waals surface area contributed by atoms with Gasteiger partial charge in [-0.3, -0.25) is 0 Å². The first-order valence-corrected chi connectivity index (χ1v) is 8.25. The van der Waals surface area contributed by atoms with E-state index >= 15 is 0 Å². The van der Waals surface area contributed by atoms with Gasteiger partial charge in [-0.1, -0.05) is 60.4 Å². The Balaban J connectivity index is 2.32. The van der Waals surface area contributed by atoms with Crippen molar-refractivity contribution >= 4 is 43.4 Å². The second-order valence-electron chi connectivity index (χ2n) is 5.27. The van der Waals surface area contributed by atoms with Crippen molar-refractivity contribution in [2.24, 2.45) is 0 Å². The number of pyridine rings is 1. The zero-order valence-corrected chi connectivity index (χ0v) is 13.2. The summed E-state index contributed by atoms with van der Waals surface area (Å²) in [7, 11) is 0. The third-order valence-electron chi connectivity index (χ3n) is 4.15. The van der Waals surface area contributed by atoms with Crippen LogP contribution in [0.25, 0.3) is 32.1 Å². The van der Waals surface area contributed by atoms with Crippen LogP contribution in [-0.2, 0) is 0 Å². The van der Waals surface area contributed by atoms with Crippen molar-refractivity contribution in [1.29, 1.82) is 0 Å². The fourth-order valence-electron chi connectivity index (χ4n) is 3.12. The molecule has 0 amide bonds. The number of allylic oxidation sites excluding steroid dienone is 3. The predicted octanol–water partition coefficient (Wildman–Crippen LogP) is 5.38. The second kappa shape index (κ2) is 5.08. The maximum absolute atomic E-state index is 3.96. The van der Waals surface area contributed by atoms with Gasteiger partial charge in [-0.05, 0) is 19.1 Å². The molecular formula is C20H16NS+. The Kier molecular flexibility index (Phi) is 3.05. The number of thiazole rings is 1. The lowest BCUT2D eigenvalue weighted by molar-refractivity contribution is -0.478. The molecule has 0 aliphatic carbocycles. The molecule has 2 aromatic heterocycles. The first-order chi connectivity index (χ1) is 10.8. The van der Waals surface area contributed by atoms with E-state index in [4.69, 9.17) is 0 Å². The molecule has 2 heterocycles. The van der Waals surface area contributed by atoms with Gasteiger partial charge in [0.05, 0.1) is 16.2 Å². The lowest BCUT2D eigenvalue weighted by Crippen LogP contribution is -2.25. The maximum atomic E-state index is 3.96. The Morgan fingerprint density at radius 3 is 2.41 bits per heavy atom. The van der Waals surface area contributed by atoms with Crippen LogP contribution in [0.3, 0.4) is 0 Å². The zero-order valence-electron chi connectivity index (χ0n) is 12.4. The van der Waals surface area contributed by atoms with Crippen LogP contribution < -0.4 is 4.40 Å². The lowest BCUT2D eigenvalue weighted by Gasteiger charge is -2.02. The molecule has 0 saturated heterocycles. The van der Waals surface area contributed by atoms with Crippen LogP contribution in [0, 0.1) is 0 Å². The van der Waals surface area contributed by atoms with Gasteiger partial charge in [-0.15, -0.1) is 4.40 Å². The smallest absolute Gasteiger partial charge is 0.142 e. The molecule has 0 fully saturated rings. The van der Waals surface area contributed by atoms with E-state index in [0.717, 1.165) is 5.57 Å². The molecule has 4 aromatic rings. The number of fused-ring (bicyclic) bond motifs is 6. The molecule has 0 atom stereocenters. The van der Waals surface area contributed by atoms with Gasteiger partial charge in [0.1, 0.15) is 0 Å². The summed E-state index contributed by atoms with van der Waals surface area (Å²) in [6.45, 7) is 6.02. The highest BCUT2D eigenvalue weighted by atomic mass is 32.1. The summed E-state index contributed by atoms with van der Waals surface area (Å²) in [5.41, 5.74) is 3.62. The number of nitrogens with zero attached hydrogens (tertiary/aromatic N) is 1. The van der Waals surface area contributed by atoms with Crippen LogP contribution >= 0.6 is 11.3 Å². The van der Waals surface area contributed by atoms with E-state index in [1.165, 1.54) is 32.2 Å². The Hall–Kier alpha value is -2.45. The summed E-state index contributed by atoms with van der Waals surface area (Å²) in [4.78, 5) is 1.28. The van der Waals surface area contributed by atoms with Gasteiger partial charge in [0, 0.05) is 17.0 Å². The normalized spacial score (nSPS) is 12.3. The lowest BCUT2D eigenvalue weighted by atomic mass is 10.1. The first-order valence-electron chi connectivity index (χ1n) is 7.37. The number of rotatable bonds is 2. The van der Waals surface area contributed by atoms with E-state index in [9.17, 15) is 0 Å². The maximum Gasteiger partial charge on any atom is 0.276 e. The monoisotopic (exact) mass is 302 g/mol. The topological polar surface area (TPSA) is 4.10 Å². The van der Waals surface area contributed by atoms with Crippen LogP contribution in [0.4, 0.5) is 0 Å². The van der Waals surface area contributed by atoms with Crippen LogP contribution in [0.5, 0.6) is 0 Å². The second-order valence-corrected chi connectivity index (χ2v) is 6.13. The predicted molar refractivity (Wildman–Crippen MR) is 96.3 cm³/mol. The van der Waals surface area contributed by atoms with Gasteiger partial charge < -0.3 is 0 Å². The number of para-hydroxylation sites is 1. The average molecular weight is 302 g/mol. The number of aromatic nitrogens is 1. The molecule has 0 unspecified atom stereocenters. The van der Waals surface area contributed by atoms with Crippen LogP contribution in [0.15, 0.2) is 72.6 Å². The summed E-state index contributed by atoms with van der Waals surface area (Å²) in [6.07, 6.45) is 4.05. The highest BCUT2D eigenvalue weighted by molar-refractivity contribution is 7.16. The molecule has 0 spiro atoms. The van der Waals surface area contributed by atoms with Crippen molar-refractivity contribution in [3.8, 4) is 0 Å².